The normalized spacial score (nSPS) is 20.7. The highest BCUT2D eigenvalue weighted by Crippen LogP contribution is 2.28. The summed E-state index contributed by atoms with van der Waals surface area (Å²) >= 11 is 0. The van der Waals surface area contributed by atoms with Crippen LogP contribution < -0.4 is 5.32 Å². The molecular formula is C12H23NO3. The van der Waals surface area contributed by atoms with Crippen LogP contribution in [0.3, 0.4) is 0 Å². The van der Waals surface area contributed by atoms with E-state index in [1.54, 1.807) is 6.92 Å². The predicted molar refractivity (Wildman–Crippen MR) is 62.1 cm³/mol. The van der Waals surface area contributed by atoms with E-state index in [-0.39, 0.29) is 17.9 Å². The Hall–Kier alpha value is -0.610. The molecule has 1 unspecified atom stereocenters. The Morgan fingerprint density at radius 2 is 2.12 bits per heavy atom. The van der Waals surface area contributed by atoms with Gasteiger partial charge in [-0.05, 0) is 26.7 Å². The van der Waals surface area contributed by atoms with Gasteiger partial charge in [0.1, 0.15) is 0 Å². The van der Waals surface area contributed by atoms with Crippen molar-refractivity contribution in [2.75, 3.05) is 13.2 Å². The molecule has 0 aliphatic heterocycles. The van der Waals surface area contributed by atoms with E-state index < -0.39 is 6.10 Å². The molecular weight excluding hydrogens is 206 g/mol. The van der Waals surface area contributed by atoms with Gasteiger partial charge in [-0.25, -0.2) is 0 Å². The lowest BCUT2D eigenvalue weighted by atomic mass is 10.0. The second-order valence-corrected chi connectivity index (χ2v) is 4.81. The molecule has 1 saturated carbocycles. The van der Waals surface area contributed by atoms with Crippen molar-refractivity contribution in [1.29, 1.82) is 0 Å². The minimum Gasteiger partial charge on any atom is -0.466 e. The lowest BCUT2D eigenvalue weighted by molar-refractivity contribution is -0.145. The molecule has 0 aromatic carbocycles. The van der Waals surface area contributed by atoms with Crippen LogP contribution in [0.15, 0.2) is 0 Å². The molecule has 2 N–H and O–H groups in total. The number of esters is 1. The number of aliphatic hydroxyl groups is 1. The van der Waals surface area contributed by atoms with E-state index in [9.17, 15) is 9.90 Å². The van der Waals surface area contributed by atoms with Gasteiger partial charge in [-0.2, -0.15) is 0 Å². The average molecular weight is 229 g/mol. The zero-order valence-electron chi connectivity index (χ0n) is 10.3. The van der Waals surface area contributed by atoms with Gasteiger partial charge in [0.2, 0.25) is 0 Å². The Bertz CT molecular complexity index is 224. The fraction of sp³-hybridized carbons (Fsp3) is 0.917. The van der Waals surface area contributed by atoms with Gasteiger partial charge in [0.05, 0.1) is 19.1 Å². The number of nitrogens with one attached hydrogen (secondary N) is 1. The first kappa shape index (κ1) is 13.5. The number of rotatable bonds is 6. The van der Waals surface area contributed by atoms with Gasteiger partial charge in [0.15, 0.2) is 0 Å². The highest BCUT2D eigenvalue weighted by molar-refractivity contribution is 5.69. The summed E-state index contributed by atoms with van der Waals surface area (Å²) in [5, 5.41) is 13.0. The Labute approximate surface area is 97.4 Å². The zero-order chi connectivity index (χ0) is 12.0. The molecule has 0 saturated heterocycles. The second-order valence-electron chi connectivity index (χ2n) is 4.81. The summed E-state index contributed by atoms with van der Waals surface area (Å²) < 4.78 is 4.78. The summed E-state index contributed by atoms with van der Waals surface area (Å²) in [6, 6.07) is 0. The molecule has 4 nitrogen and oxygen atoms in total. The summed E-state index contributed by atoms with van der Waals surface area (Å²) in [5.74, 6) is -0.326. The molecule has 16 heavy (non-hydrogen) atoms. The van der Waals surface area contributed by atoms with Crippen molar-refractivity contribution < 1.29 is 14.6 Å². The van der Waals surface area contributed by atoms with Gasteiger partial charge < -0.3 is 15.2 Å². The van der Waals surface area contributed by atoms with Crippen molar-refractivity contribution in [3.8, 4) is 0 Å². The molecule has 4 heteroatoms. The van der Waals surface area contributed by atoms with E-state index in [4.69, 9.17) is 4.74 Å². The van der Waals surface area contributed by atoms with Crippen molar-refractivity contribution >= 4 is 5.97 Å². The molecule has 1 rings (SSSR count). The van der Waals surface area contributed by atoms with Crippen LogP contribution in [-0.4, -0.2) is 35.9 Å². The third-order valence-corrected chi connectivity index (χ3v) is 3.18. The van der Waals surface area contributed by atoms with Crippen LogP contribution in [0.5, 0.6) is 0 Å². The van der Waals surface area contributed by atoms with Gasteiger partial charge in [-0.15, -0.1) is 0 Å². The number of aliphatic hydroxyl groups excluding tert-OH is 1. The van der Waals surface area contributed by atoms with Crippen LogP contribution in [-0.2, 0) is 9.53 Å². The van der Waals surface area contributed by atoms with Crippen molar-refractivity contribution in [2.45, 2.75) is 57.6 Å². The van der Waals surface area contributed by atoms with Crippen LogP contribution in [0.4, 0.5) is 0 Å². The number of carbonyl (C=O) groups is 1. The molecule has 1 atom stereocenters. The molecule has 0 amide bonds. The molecule has 1 fully saturated rings. The number of carbonyl (C=O) groups excluding carboxylic acids is 1. The van der Waals surface area contributed by atoms with Crippen molar-refractivity contribution in [3.05, 3.63) is 0 Å². The molecule has 0 spiro atoms. The first-order valence-corrected chi connectivity index (χ1v) is 6.14. The monoisotopic (exact) mass is 229 g/mol. The molecule has 0 aromatic rings. The maximum absolute atomic E-state index is 11.1. The molecule has 1 aliphatic carbocycles. The Morgan fingerprint density at radius 1 is 1.50 bits per heavy atom. The molecule has 0 heterocycles. The van der Waals surface area contributed by atoms with E-state index in [0.29, 0.717) is 13.2 Å². The largest absolute Gasteiger partial charge is 0.466 e. The molecule has 94 valence electrons. The summed E-state index contributed by atoms with van der Waals surface area (Å²) in [6.07, 6.45) is 4.24. The van der Waals surface area contributed by atoms with Crippen molar-refractivity contribution in [3.63, 3.8) is 0 Å². The van der Waals surface area contributed by atoms with E-state index in [2.05, 4.69) is 12.2 Å². The van der Waals surface area contributed by atoms with Gasteiger partial charge >= 0.3 is 5.97 Å². The zero-order valence-corrected chi connectivity index (χ0v) is 10.3. The fourth-order valence-corrected chi connectivity index (χ4v) is 2.18. The Kier molecular flexibility index (Phi) is 5.22. The van der Waals surface area contributed by atoms with E-state index in [1.165, 1.54) is 12.8 Å². The molecule has 1 aliphatic rings. The quantitative estimate of drug-likeness (QED) is 0.672. The summed E-state index contributed by atoms with van der Waals surface area (Å²) in [5.41, 5.74) is 0.148. The smallest absolute Gasteiger partial charge is 0.308 e. The fourth-order valence-electron chi connectivity index (χ4n) is 2.18. The number of hydrogen-bond acceptors (Lipinski definition) is 4. The first-order chi connectivity index (χ1) is 7.56. The van der Waals surface area contributed by atoms with Gasteiger partial charge in [-0.3, -0.25) is 4.79 Å². The highest BCUT2D eigenvalue weighted by atomic mass is 16.5. The maximum Gasteiger partial charge on any atom is 0.308 e. The van der Waals surface area contributed by atoms with E-state index in [0.717, 1.165) is 12.8 Å². The minimum atomic E-state index is -0.642. The lowest BCUT2D eigenvalue weighted by Gasteiger charge is -2.26. The topological polar surface area (TPSA) is 58.6 Å². The lowest BCUT2D eigenvalue weighted by Crippen LogP contribution is -2.44. The van der Waals surface area contributed by atoms with Crippen molar-refractivity contribution in [2.24, 2.45) is 0 Å². The van der Waals surface area contributed by atoms with Gasteiger partial charge in [0, 0.05) is 12.1 Å². The van der Waals surface area contributed by atoms with Gasteiger partial charge in [-0.1, -0.05) is 12.8 Å². The second kappa shape index (κ2) is 6.21. The number of hydrogen-bond donors (Lipinski definition) is 2. The summed E-state index contributed by atoms with van der Waals surface area (Å²) in [6.45, 7) is 4.78. The third-order valence-electron chi connectivity index (χ3n) is 3.18. The Morgan fingerprint density at radius 3 is 2.69 bits per heavy atom. The van der Waals surface area contributed by atoms with Crippen molar-refractivity contribution in [1.82, 2.24) is 5.32 Å². The molecule has 0 radical (unpaired) electrons. The van der Waals surface area contributed by atoms with Crippen LogP contribution >= 0.6 is 0 Å². The summed E-state index contributed by atoms with van der Waals surface area (Å²) in [4.78, 5) is 11.1. The average Bonchev–Trinajstić information content (AvgIpc) is 2.63. The third kappa shape index (κ3) is 4.49. The standard InChI is InChI=1S/C12H23NO3/c1-3-16-11(15)8-10(14)9-13-12(2)6-4-5-7-12/h10,13-14H,3-9H2,1-2H3. The summed E-state index contributed by atoms with van der Waals surface area (Å²) in [7, 11) is 0. The van der Waals surface area contributed by atoms with E-state index >= 15 is 0 Å². The predicted octanol–water partition coefficient (Wildman–Crippen LogP) is 1.22. The van der Waals surface area contributed by atoms with Gasteiger partial charge in [0.25, 0.3) is 0 Å². The minimum absolute atomic E-state index is 0.0803. The molecule has 0 bridgehead atoms. The number of ether oxygens (including phenoxy) is 1. The van der Waals surface area contributed by atoms with Crippen LogP contribution in [0.1, 0.15) is 46.0 Å². The maximum atomic E-state index is 11.1. The highest BCUT2D eigenvalue weighted by Gasteiger charge is 2.28. The SMILES string of the molecule is CCOC(=O)CC(O)CNC1(C)CCCC1. The van der Waals surface area contributed by atoms with Crippen LogP contribution in [0, 0.1) is 0 Å². The first-order valence-electron chi connectivity index (χ1n) is 6.14. The van der Waals surface area contributed by atoms with Crippen LogP contribution in [0.2, 0.25) is 0 Å². The van der Waals surface area contributed by atoms with Crippen LogP contribution in [0.25, 0.3) is 0 Å². The van der Waals surface area contributed by atoms with E-state index in [1.807, 2.05) is 0 Å². The molecule has 0 aromatic heterocycles. The number of β-amino-alcohol motifs (C(OH)–C–C–N with tert-alkyl or cyclic N) is 1. The Balaban J connectivity index is 2.19.